The van der Waals surface area contributed by atoms with Crippen LogP contribution in [0.2, 0.25) is 0 Å². The van der Waals surface area contributed by atoms with Gasteiger partial charge >= 0.3 is 5.97 Å². The van der Waals surface area contributed by atoms with E-state index < -0.39 is 10.9 Å². The fourth-order valence-corrected chi connectivity index (χ4v) is 3.61. The lowest BCUT2D eigenvalue weighted by Crippen LogP contribution is -2.13. The number of rotatable bonds is 11. The first kappa shape index (κ1) is 21.5. The van der Waals surface area contributed by atoms with Gasteiger partial charge in [-0.25, -0.2) is 0 Å². The lowest BCUT2D eigenvalue weighted by molar-refractivity contribution is -0.384. The summed E-state index contributed by atoms with van der Waals surface area (Å²) in [4.78, 5) is 45.3. The van der Waals surface area contributed by atoms with Crippen molar-refractivity contribution >= 4 is 23.2 Å². The van der Waals surface area contributed by atoms with Crippen LogP contribution in [-0.2, 0) is 9.59 Å². The molecular weight excluding hydrogens is 362 g/mol. The van der Waals surface area contributed by atoms with Crippen LogP contribution in [0, 0.1) is 22.0 Å². The summed E-state index contributed by atoms with van der Waals surface area (Å²) in [7, 11) is 0. The van der Waals surface area contributed by atoms with Crippen LogP contribution in [0.5, 0.6) is 0 Å². The molecule has 28 heavy (non-hydrogen) atoms. The van der Waals surface area contributed by atoms with E-state index in [0.29, 0.717) is 19.3 Å². The van der Waals surface area contributed by atoms with E-state index in [-0.39, 0.29) is 41.1 Å². The molecule has 0 amide bonds. The Kier molecular flexibility index (Phi) is 8.04. The van der Waals surface area contributed by atoms with Crippen LogP contribution in [0.4, 0.5) is 5.69 Å². The van der Waals surface area contributed by atoms with Crippen molar-refractivity contribution in [3.05, 3.63) is 52.1 Å². The quantitative estimate of drug-likeness (QED) is 0.198. The van der Waals surface area contributed by atoms with E-state index in [9.17, 15) is 24.5 Å². The number of nitrogens with zero attached hydrogens (tertiary/aromatic N) is 1. The number of carbonyl (C=O) groups is 3. The van der Waals surface area contributed by atoms with Crippen molar-refractivity contribution in [2.75, 3.05) is 0 Å². The minimum atomic E-state index is -0.787. The van der Waals surface area contributed by atoms with Gasteiger partial charge in [0.25, 0.3) is 5.69 Å². The molecule has 0 heterocycles. The molecule has 1 aromatic carbocycles. The van der Waals surface area contributed by atoms with Crippen molar-refractivity contribution in [3.63, 3.8) is 0 Å². The van der Waals surface area contributed by atoms with Crippen LogP contribution in [0.15, 0.2) is 36.4 Å². The lowest BCUT2D eigenvalue weighted by Gasteiger charge is -2.14. The number of non-ortho nitro benzene ring substituents is 1. The van der Waals surface area contributed by atoms with Crippen LogP contribution >= 0.6 is 0 Å². The summed E-state index contributed by atoms with van der Waals surface area (Å²) < 4.78 is 0. The molecule has 150 valence electrons. The Hall–Kier alpha value is -2.83. The zero-order valence-corrected chi connectivity index (χ0v) is 15.7. The normalized spacial score (nSPS) is 19.2. The first-order chi connectivity index (χ1) is 13.4. The van der Waals surface area contributed by atoms with Crippen molar-refractivity contribution in [2.24, 2.45) is 11.8 Å². The van der Waals surface area contributed by atoms with E-state index >= 15 is 0 Å². The number of nitro groups is 1. The molecule has 0 aliphatic heterocycles. The average molecular weight is 387 g/mol. The van der Waals surface area contributed by atoms with Crippen LogP contribution < -0.4 is 0 Å². The van der Waals surface area contributed by atoms with Crippen molar-refractivity contribution in [3.8, 4) is 0 Å². The number of hydrogen-bond donors (Lipinski definition) is 1. The molecule has 1 aliphatic rings. The maximum Gasteiger partial charge on any atom is 0.303 e. The molecule has 2 unspecified atom stereocenters. The van der Waals surface area contributed by atoms with E-state index in [4.69, 9.17) is 5.11 Å². The third kappa shape index (κ3) is 6.40. The van der Waals surface area contributed by atoms with E-state index in [1.165, 1.54) is 30.3 Å². The van der Waals surface area contributed by atoms with Gasteiger partial charge in [0.15, 0.2) is 5.78 Å². The summed E-state index contributed by atoms with van der Waals surface area (Å²) in [5, 5.41) is 19.5. The molecule has 0 bridgehead atoms. The first-order valence-corrected chi connectivity index (χ1v) is 9.60. The Balaban J connectivity index is 1.88. The summed E-state index contributed by atoms with van der Waals surface area (Å²) in [6, 6.07) is 5.60. The highest BCUT2D eigenvalue weighted by atomic mass is 16.6. The second kappa shape index (κ2) is 10.5. The molecule has 2 atom stereocenters. The van der Waals surface area contributed by atoms with Gasteiger partial charge in [-0.05, 0) is 31.3 Å². The molecule has 2 rings (SSSR count). The number of allylic oxidation sites excluding steroid dienone is 2. The smallest absolute Gasteiger partial charge is 0.303 e. The molecule has 1 fully saturated rings. The standard InChI is InChI=1S/C21H25NO6/c23-19(16-6-5-7-17(14-16)22(27)28)12-10-15-11-13-20(24)18(15)8-3-1-2-4-9-21(25)26/h5-7,10,12,14-15,18H,1-4,8-9,11,13H2,(H,25,26)/b12-10+. The fraction of sp³-hybridized carbons (Fsp3) is 0.476. The Morgan fingerprint density at radius 3 is 2.68 bits per heavy atom. The molecule has 7 heteroatoms. The Labute approximate surface area is 163 Å². The minimum Gasteiger partial charge on any atom is -0.481 e. The Morgan fingerprint density at radius 1 is 1.21 bits per heavy atom. The summed E-state index contributed by atoms with van der Waals surface area (Å²) in [5.41, 5.74) is 0.126. The number of Topliss-reactive ketones (excluding diaryl/α,β-unsaturated/α-hetero) is 1. The second-order valence-corrected chi connectivity index (χ2v) is 7.15. The molecule has 0 aromatic heterocycles. The number of carbonyl (C=O) groups excluding carboxylic acids is 2. The number of aliphatic carboxylic acids is 1. The summed E-state index contributed by atoms with van der Waals surface area (Å²) >= 11 is 0. The number of hydrogen-bond acceptors (Lipinski definition) is 5. The van der Waals surface area contributed by atoms with Gasteiger partial charge < -0.3 is 5.11 Å². The van der Waals surface area contributed by atoms with Crippen LogP contribution in [0.1, 0.15) is 61.7 Å². The SMILES string of the molecule is O=C(O)CCCCCCC1C(=O)CCC1/C=C/C(=O)c1cccc([N+](=O)[O-])c1. The van der Waals surface area contributed by atoms with Gasteiger partial charge in [0, 0.05) is 36.5 Å². The molecule has 1 aliphatic carbocycles. The van der Waals surface area contributed by atoms with E-state index in [0.717, 1.165) is 25.7 Å². The predicted molar refractivity (Wildman–Crippen MR) is 103 cm³/mol. The van der Waals surface area contributed by atoms with Gasteiger partial charge in [-0.15, -0.1) is 0 Å². The van der Waals surface area contributed by atoms with E-state index in [1.54, 1.807) is 6.08 Å². The molecular formula is C21H25NO6. The maximum atomic E-state index is 12.3. The van der Waals surface area contributed by atoms with Crippen molar-refractivity contribution in [2.45, 2.75) is 51.4 Å². The number of benzene rings is 1. The van der Waals surface area contributed by atoms with Crippen LogP contribution in [0.25, 0.3) is 0 Å². The van der Waals surface area contributed by atoms with Crippen molar-refractivity contribution < 1.29 is 24.4 Å². The number of carboxylic acids is 1. The lowest BCUT2D eigenvalue weighted by atomic mass is 9.89. The minimum absolute atomic E-state index is 0.00849. The average Bonchev–Trinajstić information content (AvgIpc) is 3.02. The van der Waals surface area contributed by atoms with Gasteiger partial charge in [0.1, 0.15) is 5.78 Å². The van der Waals surface area contributed by atoms with Gasteiger partial charge in [0.05, 0.1) is 4.92 Å². The molecule has 1 N–H and O–H groups in total. The number of unbranched alkanes of at least 4 members (excludes halogenated alkanes) is 3. The summed E-state index contributed by atoms with van der Waals surface area (Å²) in [5.74, 6) is -0.981. The topological polar surface area (TPSA) is 115 Å². The van der Waals surface area contributed by atoms with Crippen molar-refractivity contribution in [1.29, 1.82) is 0 Å². The monoisotopic (exact) mass is 387 g/mol. The second-order valence-electron chi connectivity index (χ2n) is 7.15. The molecule has 1 saturated carbocycles. The van der Waals surface area contributed by atoms with Gasteiger partial charge in [-0.2, -0.15) is 0 Å². The molecule has 0 saturated heterocycles. The highest BCUT2D eigenvalue weighted by Gasteiger charge is 2.32. The zero-order chi connectivity index (χ0) is 20.5. The van der Waals surface area contributed by atoms with Gasteiger partial charge in [0.2, 0.25) is 0 Å². The first-order valence-electron chi connectivity index (χ1n) is 9.60. The van der Waals surface area contributed by atoms with Gasteiger partial charge in [-0.1, -0.05) is 37.5 Å². The number of carboxylic acid groups (broad SMARTS) is 1. The summed E-state index contributed by atoms with van der Waals surface area (Å²) in [6.45, 7) is 0. The van der Waals surface area contributed by atoms with Crippen LogP contribution in [0.3, 0.4) is 0 Å². The molecule has 1 aromatic rings. The Morgan fingerprint density at radius 2 is 1.96 bits per heavy atom. The van der Waals surface area contributed by atoms with Crippen LogP contribution in [-0.4, -0.2) is 27.6 Å². The number of ketones is 2. The van der Waals surface area contributed by atoms with Gasteiger partial charge in [-0.3, -0.25) is 24.5 Å². The molecule has 0 radical (unpaired) electrons. The largest absolute Gasteiger partial charge is 0.481 e. The predicted octanol–water partition coefficient (Wildman–Crippen LogP) is 4.35. The maximum absolute atomic E-state index is 12.3. The third-order valence-corrected chi connectivity index (χ3v) is 5.15. The van der Waals surface area contributed by atoms with Crippen molar-refractivity contribution in [1.82, 2.24) is 0 Å². The zero-order valence-electron chi connectivity index (χ0n) is 15.7. The Bertz CT molecular complexity index is 770. The third-order valence-electron chi connectivity index (χ3n) is 5.15. The van der Waals surface area contributed by atoms with E-state index in [1.807, 2.05) is 0 Å². The highest BCUT2D eigenvalue weighted by Crippen LogP contribution is 2.34. The molecule has 0 spiro atoms. The van der Waals surface area contributed by atoms with E-state index in [2.05, 4.69) is 0 Å². The fourth-order valence-electron chi connectivity index (χ4n) is 3.61. The summed E-state index contributed by atoms with van der Waals surface area (Å²) in [6.07, 6.45) is 8.54. The number of nitro benzene ring substituents is 1. The molecule has 7 nitrogen and oxygen atoms in total. The highest BCUT2D eigenvalue weighted by molar-refractivity contribution is 6.05.